The number of nitrogen functional groups attached to an aromatic ring is 2. The highest BCUT2D eigenvalue weighted by Gasteiger charge is 2.03. The van der Waals surface area contributed by atoms with E-state index in [1.165, 1.54) is 0 Å². The highest BCUT2D eigenvalue weighted by atomic mass is 35.5. The van der Waals surface area contributed by atoms with Crippen LogP contribution in [0.25, 0.3) is 11.3 Å². The number of nitrogens with two attached hydrogens (primary N) is 2. The van der Waals surface area contributed by atoms with Gasteiger partial charge in [-0.05, 0) is 12.1 Å². The maximum Gasteiger partial charge on any atom is 0.124 e. The largest absolute Gasteiger partial charge is 0.397 e. The fourth-order valence-electron chi connectivity index (χ4n) is 1.31. The molecule has 3 nitrogen and oxygen atoms in total. The van der Waals surface area contributed by atoms with E-state index in [9.17, 15) is 0 Å². The molecule has 0 fully saturated rings. The Hall–Kier alpha value is -1.45. The molecule has 1 aromatic heterocycles. The number of rotatable bonds is 1. The summed E-state index contributed by atoms with van der Waals surface area (Å²) >= 11 is 0. The number of benzene rings is 1. The lowest BCUT2D eigenvalue weighted by Gasteiger charge is -2.04. The summed E-state index contributed by atoms with van der Waals surface area (Å²) in [5.74, 6) is 0.484. The normalized spacial score (nSPS) is 8.75. The molecule has 0 saturated carbocycles. The van der Waals surface area contributed by atoms with Crippen molar-refractivity contribution in [3.8, 4) is 11.3 Å². The molecular weight excluding hydrogens is 245 g/mol. The zero-order chi connectivity index (χ0) is 9.97. The topological polar surface area (TPSA) is 64.9 Å². The minimum absolute atomic E-state index is 0. The van der Waals surface area contributed by atoms with Crippen molar-refractivity contribution in [2.45, 2.75) is 0 Å². The zero-order valence-electron chi connectivity index (χ0n) is 8.46. The van der Waals surface area contributed by atoms with Gasteiger partial charge >= 0.3 is 0 Å². The fraction of sp³-hybridized carbons (Fsp3) is 0. The van der Waals surface area contributed by atoms with E-state index in [1.807, 2.05) is 30.3 Å². The summed E-state index contributed by atoms with van der Waals surface area (Å²) in [5.41, 5.74) is 13.8. The van der Waals surface area contributed by atoms with Crippen molar-refractivity contribution in [2.75, 3.05) is 11.5 Å². The van der Waals surface area contributed by atoms with Crippen LogP contribution in [0.2, 0.25) is 0 Å². The lowest BCUT2D eigenvalue weighted by molar-refractivity contribution is 1.34. The van der Waals surface area contributed by atoms with Crippen molar-refractivity contribution >= 4 is 36.3 Å². The molecule has 1 heterocycles. The third-order valence-corrected chi connectivity index (χ3v) is 2.00. The predicted octanol–water partition coefficient (Wildman–Crippen LogP) is 2.76. The molecule has 86 valence electrons. The van der Waals surface area contributed by atoms with Crippen molar-refractivity contribution < 1.29 is 0 Å². The molecule has 0 spiro atoms. The number of halogens is 2. The van der Waals surface area contributed by atoms with E-state index in [0.29, 0.717) is 11.5 Å². The van der Waals surface area contributed by atoms with Crippen LogP contribution in [0.1, 0.15) is 0 Å². The van der Waals surface area contributed by atoms with E-state index in [-0.39, 0.29) is 24.8 Å². The number of pyridine rings is 1. The molecule has 0 atom stereocenters. The first-order chi connectivity index (χ1) is 6.77. The molecule has 0 aliphatic carbocycles. The first-order valence-electron chi connectivity index (χ1n) is 4.35. The van der Waals surface area contributed by atoms with Gasteiger partial charge in [-0.2, -0.15) is 0 Å². The second-order valence-corrected chi connectivity index (χ2v) is 3.04. The monoisotopic (exact) mass is 257 g/mol. The molecule has 0 unspecified atom stereocenters. The van der Waals surface area contributed by atoms with Gasteiger partial charge in [0.15, 0.2) is 0 Å². The van der Waals surface area contributed by atoms with Crippen LogP contribution in [0.5, 0.6) is 0 Å². The number of anilines is 2. The highest BCUT2D eigenvalue weighted by Crippen LogP contribution is 2.23. The van der Waals surface area contributed by atoms with Crippen LogP contribution in [-0.2, 0) is 0 Å². The maximum atomic E-state index is 5.80. The Morgan fingerprint density at radius 3 is 2.06 bits per heavy atom. The van der Waals surface area contributed by atoms with E-state index >= 15 is 0 Å². The van der Waals surface area contributed by atoms with Crippen molar-refractivity contribution in [1.29, 1.82) is 0 Å². The Morgan fingerprint density at radius 2 is 1.44 bits per heavy atom. The van der Waals surface area contributed by atoms with Gasteiger partial charge in [0.2, 0.25) is 0 Å². The summed E-state index contributed by atoms with van der Waals surface area (Å²) < 4.78 is 0. The van der Waals surface area contributed by atoms with Gasteiger partial charge in [-0.3, -0.25) is 0 Å². The second kappa shape index (κ2) is 6.20. The van der Waals surface area contributed by atoms with Crippen molar-refractivity contribution in [3.05, 3.63) is 42.5 Å². The molecular formula is C11H13Cl2N3. The number of hydrogen-bond acceptors (Lipinski definition) is 3. The lowest BCUT2D eigenvalue weighted by atomic mass is 10.1. The Balaban J connectivity index is 0.00000112. The van der Waals surface area contributed by atoms with E-state index in [4.69, 9.17) is 11.5 Å². The van der Waals surface area contributed by atoms with Gasteiger partial charge in [0.05, 0.1) is 11.4 Å². The Bertz CT molecular complexity index is 446. The van der Waals surface area contributed by atoms with Crippen LogP contribution >= 0.6 is 24.8 Å². The van der Waals surface area contributed by atoms with Gasteiger partial charge < -0.3 is 11.5 Å². The van der Waals surface area contributed by atoms with E-state index < -0.39 is 0 Å². The molecule has 0 aliphatic heterocycles. The molecule has 0 saturated heterocycles. The van der Waals surface area contributed by atoms with Gasteiger partial charge in [0, 0.05) is 5.56 Å². The third kappa shape index (κ3) is 3.02. The highest BCUT2D eigenvalue weighted by molar-refractivity contribution is 5.85. The summed E-state index contributed by atoms with van der Waals surface area (Å²) in [4.78, 5) is 4.20. The molecule has 0 bridgehead atoms. The van der Waals surface area contributed by atoms with Crippen LogP contribution in [0.4, 0.5) is 11.5 Å². The standard InChI is InChI=1S/C11H11N3.2ClH/c12-9-6-7-10(13)14-11(9)8-4-2-1-3-5-8;;/h1-7H,12H2,(H2,13,14);2*1H. The predicted molar refractivity (Wildman–Crippen MR) is 73.0 cm³/mol. The summed E-state index contributed by atoms with van der Waals surface area (Å²) in [5, 5.41) is 0. The summed E-state index contributed by atoms with van der Waals surface area (Å²) in [6.07, 6.45) is 0. The Kier molecular flexibility index (Phi) is 5.64. The smallest absolute Gasteiger partial charge is 0.124 e. The Labute approximate surface area is 107 Å². The summed E-state index contributed by atoms with van der Waals surface area (Å²) in [6.45, 7) is 0. The SMILES string of the molecule is Cl.Cl.Nc1ccc(N)c(-c2ccccc2)n1. The first kappa shape index (κ1) is 14.6. The molecule has 0 amide bonds. The average molecular weight is 258 g/mol. The number of aromatic nitrogens is 1. The number of hydrogen-bond donors (Lipinski definition) is 2. The number of nitrogens with zero attached hydrogens (tertiary/aromatic N) is 1. The van der Waals surface area contributed by atoms with Crippen molar-refractivity contribution in [1.82, 2.24) is 4.98 Å². The van der Waals surface area contributed by atoms with Crippen molar-refractivity contribution in [2.24, 2.45) is 0 Å². The van der Waals surface area contributed by atoms with Crippen LogP contribution < -0.4 is 11.5 Å². The molecule has 2 aromatic rings. The van der Waals surface area contributed by atoms with Crippen LogP contribution in [0.3, 0.4) is 0 Å². The van der Waals surface area contributed by atoms with Crippen LogP contribution in [0, 0.1) is 0 Å². The van der Waals surface area contributed by atoms with Crippen LogP contribution in [0.15, 0.2) is 42.5 Å². The lowest BCUT2D eigenvalue weighted by Crippen LogP contribution is -1.97. The Morgan fingerprint density at radius 1 is 0.812 bits per heavy atom. The van der Waals surface area contributed by atoms with E-state index in [1.54, 1.807) is 12.1 Å². The molecule has 0 aliphatic rings. The third-order valence-electron chi connectivity index (χ3n) is 2.00. The van der Waals surface area contributed by atoms with Gasteiger partial charge in [0.1, 0.15) is 5.82 Å². The van der Waals surface area contributed by atoms with Gasteiger partial charge in [-0.15, -0.1) is 24.8 Å². The molecule has 0 radical (unpaired) electrons. The minimum atomic E-state index is 0. The van der Waals surface area contributed by atoms with Crippen LogP contribution in [-0.4, -0.2) is 4.98 Å². The fourth-order valence-corrected chi connectivity index (χ4v) is 1.31. The quantitative estimate of drug-likeness (QED) is 0.826. The molecule has 4 N–H and O–H groups in total. The molecule has 5 heteroatoms. The maximum absolute atomic E-state index is 5.80. The van der Waals surface area contributed by atoms with E-state index in [2.05, 4.69) is 4.98 Å². The van der Waals surface area contributed by atoms with E-state index in [0.717, 1.165) is 11.3 Å². The molecule has 1 aromatic carbocycles. The van der Waals surface area contributed by atoms with Crippen molar-refractivity contribution in [3.63, 3.8) is 0 Å². The van der Waals surface area contributed by atoms with Gasteiger partial charge in [0.25, 0.3) is 0 Å². The molecule has 16 heavy (non-hydrogen) atoms. The average Bonchev–Trinajstić information content (AvgIpc) is 2.23. The molecule has 2 rings (SSSR count). The van der Waals surface area contributed by atoms with Gasteiger partial charge in [-0.1, -0.05) is 30.3 Å². The first-order valence-corrected chi connectivity index (χ1v) is 4.35. The van der Waals surface area contributed by atoms with Gasteiger partial charge in [-0.25, -0.2) is 4.98 Å². The minimum Gasteiger partial charge on any atom is -0.397 e. The summed E-state index contributed by atoms with van der Waals surface area (Å²) in [6, 6.07) is 13.2. The zero-order valence-corrected chi connectivity index (χ0v) is 10.1. The second-order valence-electron chi connectivity index (χ2n) is 3.04. The summed E-state index contributed by atoms with van der Waals surface area (Å²) in [7, 11) is 0.